The SMILES string of the molecule is N#Cc1c(Cl)cccc1NCCOC1CCCC1. The van der Waals surface area contributed by atoms with Gasteiger partial charge < -0.3 is 10.1 Å². The number of nitriles is 1. The fourth-order valence-electron chi connectivity index (χ4n) is 2.25. The average molecular weight is 265 g/mol. The van der Waals surface area contributed by atoms with Gasteiger partial charge in [0.15, 0.2) is 0 Å². The van der Waals surface area contributed by atoms with Crippen LogP contribution in [0.1, 0.15) is 31.2 Å². The molecule has 18 heavy (non-hydrogen) atoms. The first-order valence-electron chi connectivity index (χ1n) is 6.35. The highest BCUT2D eigenvalue weighted by Gasteiger charge is 2.14. The molecular formula is C14H17ClN2O. The van der Waals surface area contributed by atoms with Crippen molar-refractivity contribution >= 4 is 17.3 Å². The number of anilines is 1. The van der Waals surface area contributed by atoms with Gasteiger partial charge in [-0.3, -0.25) is 0 Å². The van der Waals surface area contributed by atoms with Crippen molar-refractivity contribution in [3.05, 3.63) is 28.8 Å². The van der Waals surface area contributed by atoms with Crippen molar-refractivity contribution < 1.29 is 4.74 Å². The second-order valence-corrected chi connectivity index (χ2v) is 4.89. The van der Waals surface area contributed by atoms with E-state index in [1.807, 2.05) is 12.1 Å². The van der Waals surface area contributed by atoms with Crippen molar-refractivity contribution in [3.63, 3.8) is 0 Å². The van der Waals surface area contributed by atoms with E-state index in [0.29, 0.717) is 29.8 Å². The number of hydrogen-bond acceptors (Lipinski definition) is 3. The Kier molecular flexibility index (Phi) is 4.86. The molecule has 1 aromatic carbocycles. The van der Waals surface area contributed by atoms with Gasteiger partial charge in [-0.15, -0.1) is 0 Å². The second-order valence-electron chi connectivity index (χ2n) is 4.48. The zero-order chi connectivity index (χ0) is 12.8. The van der Waals surface area contributed by atoms with Gasteiger partial charge in [-0.25, -0.2) is 0 Å². The highest BCUT2D eigenvalue weighted by molar-refractivity contribution is 6.32. The molecule has 1 aliphatic rings. The Labute approximate surface area is 113 Å². The zero-order valence-electron chi connectivity index (χ0n) is 10.3. The fourth-order valence-corrected chi connectivity index (χ4v) is 2.47. The summed E-state index contributed by atoms with van der Waals surface area (Å²) in [6, 6.07) is 7.53. The average Bonchev–Trinajstić information content (AvgIpc) is 2.88. The molecule has 0 heterocycles. The summed E-state index contributed by atoms with van der Waals surface area (Å²) in [4.78, 5) is 0. The van der Waals surface area contributed by atoms with Crippen LogP contribution in [0, 0.1) is 11.3 Å². The molecule has 1 N–H and O–H groups in total. The normalized spacial score (nSPS) is 15.6. The van der Waals surface area contributed by atoms with Crippen LogP contribution in [0.25, 0.3) is 0 Å². The minimum Gasteiger partial charge on any atom is -0.382 e. The molecule has 1 aliphatic carbocycles. The quantitative estimate of drug-likeness (QED) is 0.827. The molecule has 0 amide bonds. The lowest BCUT2D eigenvalue weighted by Crippen LogP contribution is -2.15. The maximum Gasteiger partial charge on any atom is 0.103 e. The molecule has 0 atom stereocenters. The van der Waals surface area contributed by atoms with E-state index in [2.05, 4.69) is 11.4 Å². The minimum absolute atomic E-state index is 0.432. The predicted molar refractivity (Wildman–Crippen MR) is 72.9 cm³/mol. The summed E-state index contributed by atoms with van der Waals surface area (Å²) in [5, 5.41) is 12.7. The van der Waals surface area contributed by atoms with Crippen LogP contribution < -0.4 is 5.32 Å². The van der Waals surface area contributed by atoms with Gasteiger partial charge in [0.1, 0.15) is 6.07 Å². The third-order valence-electron chi connectivity index (χ3n) is 3.20. The van der Waals surface area contributed by atoms with Gasteiger partial charge in [0, 0.05) is 6.54 Å². The number of rotatable bonds is 5. The smallest absolute Gasteiger partial charge is 0.103 e. The van der Waals surface area contributed by atoms with Crippen molar-refractivity contribution in [3.8, 4) is 6.07 Å². The maximum atomic E-state index is 9.02. The van der Waals surface area contributed by atoms with Gasteiger partial charge in [-0.2, -0.15) is 5.26 Å². The molecule has 0 saturated heterocycles. The van der Waals surface area contributed by atoms with Crippen LogP contribution in [-0.4, -0.2) is 19.3 Å². The highest BCUT2D eigenvalue weighted by Crippen LogP contribution is 2.23. The number of benzene rings is 1. The predicted octanol–water partition coefficient (Wildman–Crippen LogP) is 3.58. The van der Waals surface area contributed by atoms with Crippen LogP contribution >= 0.6 is 11.6 Å². The summed E-state index contributed by atoms with van der Waals surface area (Å²) >= 11 is 5.95. The monoisotopic (exact) mass is 264 g/mol. The van der Waals surface area contributed by atoms with Gasteiger partial charge in [0.2, 0.25) is 0 Å². The Balaban J connectivity index is 1.79. The maximum absolute atomic E-state index is 9.02. The van der Waals surface area contributed by atoms with E-state index in [1.54, 1.807) is 6.07 Å². The van der Waals surface area contributed by atoms with Crippen molar-refractivity contribution in [2.75, 3.05) is 18.5 Å². The molecule has 0 radical (unpaired) electrons. The molecule has 2 rings (SSSR count). The van der Waals surface area contributed by atoms with Gasteiger partial charge in [0.25, 0.3) is 0 Å². The molecule has 1 saturated carbocycles. The van der Waals surface area contributed by atoms with Crippen molar-refractivity contribution in [2.45, 2.75) is 31.8 Å². The molecule has 0 spiro atoms. The number of halogens is 1. The Morgan fingerprint density at radius 1 is 1.39 bits per heavy atom. The van der Waals surface area contributed by atoms with Gasteiger partial charge in [-0.1, -0.05) is 30.5 Å². The summed E-state index contributed by atoms with van der Waals surface area (Å²) < 4.78 is 5.75. The lowest BCUT2D eigenvalue weighted by Gasteiger charge is -2.13. The first-order valence-corrected chi connectivity index (χ1v) is 6.73. The van der Waals surface area contributed by atoms with Crippen molar-refractivity contribution in [1.29, 1.82) is 5.26 Å². The molecule has 0 bridgehead atoms. The largest absolute Gasteiger partial charge is 0.382 e. The Hall–Kier alpha value is -1.24. The number of nitrogens with one attached hydrogen (secondary N) is 1. The second kappa shape index (κ2) is 6.63. The first kappa shape index (κ1) is 13.2. The van der Waals surface area contributed by atoms with Crippen LogP contribution in [0.2, 0.25) is 5.02 Å². The molecule has 0 aromatic heterocycles. The lowest BCUT2D eigenvalue weighted by molar-refractivity contribution is 0.0659. The third kappa shape index (κ3) is 3.38. The van der Waals surface area contributed by atoms with E-state index in [4.69, 9.17) is 21.6 Å². The summed E-state index contributed by atoms with van der Waals surface area (Å²) in [6.07, 6.45) is 5.36. The topological polar surface area (TPSA) is 45.0 Å². The summed E-state index contributed by atoms with van der Waals surface area (Å²) in [7, 11) is 0. The van der Waals surface area contributed by atoms with E-state index >= 15 is 0 Å². The molecule has 4 heteroatoms. The van der Waals surface area contributed by atoms with Gasteiger partial charge >= 0.3 is 0 Å². The van der Waals surface area contributed by atoms with Crippen LogP contribution in [0.3, 0.4) is 0 Å². The first-order chi connectivity index (χ1) is 8.81. The minimum atomic E-state index is 0.432. The number of nitrogens with zero attached hydrogens (tertiary/aromatic N) is 1. The van der Waals surface area contributed by atoms with Crippen LogP contribution in [0.15, 0.2) is 18.2 Å². The third-order valence-corrected chi connectivity index (χ3v) is 3.51. The van der Waals surface area contributed by atoms with Crippen LogP contribution in [0.5, 0.6) is 0 Å². The molecule has 1 aromatic rings. The molecule has 1 fully saturated rings. The molecule has 0 aliphatic heterocycles. The molecule has 0 unspecified atom stereocenters. The molecule has 96 valence electrons. The number of ether oxygens (including phenoxy) is 1. The number of hydrogen-bond donors (Lipinski definition) is 1. The van der Waals surface area contributed by atoms with E-state index in [9.17, 15) is 0 Å². The van der Waals surface area contributed by atoms with E-state index in [0.717, 1.165) is 5.69 Å². The highest BCUT2D eigenvalue weighted by atomic mass is 35.5. The lowest BCUT2D eigenvalue weighted by atomic mass is 10.2. The summed E-state index contributed by atoms with van der Waals surface area (Å²) in [5.74, 6) is 0. The zero-order valence-corrected chi connectivity index (χ0v) is 11.0. The molecular weight excluding hydrogens is 248 g/mol. The van der Waals surface area contributed by atoms with Crippen LogP contribution in [0.4, 0.5) is 5.69 Å². The Morgan fingerprint density at radius 3 is 2.89 bits per heavy atom. The van der Waals surface area contributed by atoms with E-state index < -0.39 is 0 Å². The Morgan fingerprint density at radius 2 is 2.17 bits per heavy atom. The molecule has 3 nitrogen and oxygen atoms in total. The summed E-state index contributed by atoms with van der Waals surface area (Å²) in [5.41, 5.74) is 1.28. The standard InChI is InChI=1S/C14H17ClN2O/c15-13-6-3-7-14(12(13)10-16)17-8-9-18-11-4-1-2-5-11/h3,6-7,11,17H,1-2,4-5,8-9H2. The van der Waals surface area contributed by atoms with Gasteiger partial charge in [0.05, 0.1) is 29.0 Å². The summed E-state index contributed by atoms with van der Waals surface area (Å²) in [6.45, 7) is 1.37. The fraction of sp³-hybridized carbons (Fsp3) is 0.500. The van der Waals surface area contributed by atoms with Crippen LogP contribution in [-0.2, 0) is 4.74 Å². The van der Waals surface area contributed by atoms with Gasteiger partial charge in [-0.05, 0) is 25.0 Å². The van der Waals surface area contributed by atoms with E-state index in [1.165, 1.54) is 25.7 Å². The van der Waals surface area contributed by atoms with Crippen molar-refractivity contribution in [1.82, 2.24) is 0 Å². The van der Waals surface area contributed by atoms with Crippen molar-refractivity contribution in [2.24, 2.45) is 0 Å². The Bertz CT molecular complexity index is 436. The van der Waals surface area contributed by atoms with E-state index in [-0.39, 0.29) is 0 Å².